The van der Waals surface area contributed by atoms with Gasteiger partial charge in [0.25, 0.3) is 5.89 Å². The molecule has 2 heterocycles. The van der Waals surface area contributed by atoms with E-state index in [2.05, 4.69) is 15.5 Å². The summed E-state index contributed by atoms with van der Waals surface area (Å²) in [5, 5.41) is 10.6. The molecule has 0 spiro atoms. The van der Waals surface area contributed by atoms with Crippen molar-refractivity contribution in [1.82, 2.24) is 15.5 Å². The summed E-state index contributed by atoms with van der Waals surface area (Å²) in [6.45, 7) is 6.48. The van der Waals surface area contributed by atoms with E-state index < -0.39 is 17.5 Å². The first-order valence-electron chi connectivity index (χ1n) is 8.34. The molecule has 1 aromatic carbocycles. The van der Waals surface area contributed by atoms with E-state index in [1.165, 1.54) is 12.1 Å². The van der Waals surface area contributed by atoms with E-state index >= 15 is 0 Å². The van der Waals surface area contributed by atoms with Crippen molar-refractivity contribution in [3.63, 3.8) is 0 Å². The predicted octanol–water partition coefficient (Wildman–Crippen LogP) is 3.15. The molecule has 1 N–H and O–H groups in total. The molecule has 1 aliphatic heterocycles. The van der Waals surface area contributed by atoms with Crippen LogP contribution in [-0.2, 0) is 11.3 Å². The van der Waals surface area contributed by atoms with Crippen LogP contribution in [0.4, 0.5) is 15.2 Å². The zero-order valence-electron chi connectivity index (χ0n) is 15.2. The van der Waals surface area contributed by atoms with Crippen LogP contribution in [-0.4, -0.2) is 41.0 Å². The Labute approximate surface area is 160 Å². The van der Waals surface area contributed by atoms with Gasteiger partial charge in [-0.05, 0) is 32.9 Å². The first kappa shape index (κ1) is 19.2. The van der Waals surface area contributed by atoms with Gasteiger partial charge in [-0.2, -0.15) is 0 Å². The Balaban J connectivity index is 1.45. The Morgan fingerprint density at radius 3 is 2.81 bits per heavy atom. The molecule has 27 heavy (non-hydrogen) atoms. The largest absolute Gasteiger partial charge is 0.484 e. The van der Waals surface area contributed by atoms with Gasteiger partial charge in [0, 0.05) is 19.2 Å². The molecule has 10 heteroatoms. The first-order chi connectivity index (χ1) is 12.7. The number of ether oxygens (including phenoxy) is 2. The van der Waals surface area contributed by atoms with Crippen LogP contribution in [0.5, 0.6) is 5.75 Å². The second-order valence-corrected chi connectivity index (χ2v) is 7.50. The summed E-state index contributed by atoms with van der Waals surface area (Å²) in [5.74, 6) is -0.00405. The summed E-state index contributed by atoms with van der Waals surface area (Å²) in [4.78, 5) is 13.5. The molecule has 0 unspecified atom stereocenters. The van der Waals surface area contributed by atoms with Gasteiger partial charge in [-0.25, -0.2) is 9.18 Å². The fourth-order valence-electron chi connectivity index (χ4n) is 2.34. The van der Waals surface area contributed by atoms with Crippen LogP contribution >= 0.6 is 11.6 Å². The zero-order chi connectivity index (χ0) is 19.6. The number of anilines is 1. The lowest BCUT2D eigenvalue weighted by Gasteiger charge is -2.38. The minimum absolute atomic E-state index is 0.00149. The number of benzene rings is 1. The Bertz CT molecular complexity index is 818. The molecule has 0 aliphatic carbocycles. The molecule has 1 aliphatic rings. The van der Waals surface area contributed by atoms with Crippen molar-refractivity contribution in [2.45, 2.75) is 39.0 Å². The van der Waals surface area contributed by atoms with Crippen molar-refractivity contribution in [2.75, 3.05) is 18.0 Å². The van der Waals surface area contributed by atoms with Crippen LogP contribution in [0.1, 0.15) is 26.7 Å². The smallest absolute Gasteiger partial charge is 0.407 e. The van der Waals surface area contributed by atoms with Gasteiger partial charge >= 0.3 is 12.1 Å². The quantitative estimate of drug-likeness (QED) is 0.827. The van der Waals surface area contributed by atoms with Crippen molar-refractivity contribution in [1.29, 1.82) is 0 Å². The first-order valence-corrected chi connectivity index (χ1v) is 8.72. The Morgan fingerprint density at radius 1 is 1.41 bits per heavy atom. The number of halogens is 2. The van der Waals surface area contributed by atoms with Gasteiger partial charge in [0.1, 0.15) is 17.2 Å². The molecule has 0 atom stereocenters. The number of hydrogen-bond acceptors (Lipinski definition) is 7. The van der Waals surface area contributed by atoms with Crippen molar-refractivity contribution in [3.8, 4) is 5.75 Å². The molecular weight excluding hydrogens is 379 g/mol. The standard InChI is InChI=1S/C17H20ClFN4O4/c1-17(2,3)27-16(24)20-10-7-23(8-10)15-22-21-14(26-15)9-25-11-4-5-12(18)13(19)6-11/h4-6,10H,7-9H2,1-3H3,(H,20,24). The monoisotopic (exact) mass is 398 g/mol. The van der Waals surface area contributed by atoms with Gasteiger partial charge in [-0.1, -0.05) is 16.7 Å². The van der Waals surface area contributed by atoms with E-state index in [1.54, 1.807) is 26.8 Å². The Kier molecular flexibility index (Phi) is 5.41. The van der Waals surface area contributed by atoms with Gasteiger partial charge in [0.15, 0.2) is 6.61 Å². The molecule has 1 amide bonds. The molecule has 0 saturated carbocycles. The fraction of sp³-hybridized carbons (Fsp3) is 0.471. The summed E-state index contributed by atoms with van der Waals surface area (Å²) >= 11 is 5.62. The molecule has 0 radical (unpaired) electrons. The minimum atomic E-state index is -0.565. The fourth-order valence-corrected chi connectivity index (χ4v) is 2.46. The van der Waals surface area contributed by atoms with Crippen molar-refractivity contribution in [2.24, 2.45) is 0 Å². The number of rotatable bonds is 5. The average Bonchev–Trinajstić information content (AvgIpc) is 2.98. The Hall–Kier alpha value is -2.55. The zero-order valence-corrected chi connectivity index (χ0v) is 15.9. The van der Waals surface area contributed by atoms with E-state index in [4.69, 9.17) is 25.5 Å². The molecule has 1 fully saturated rings. The third-order valence-corrected chi connectivity index (χ3v) is 3.89. The van der Waals surface area contributed by atoms with E-state index in [0.29, 0.717) is 24.9 Å². The molecule has 2 aromatic rings. The lowest BCUT2D eigenvalue weighted by Crippen LogP contribution is -2.60. The molecule has 1 aromatic heterocycles. The highest BCUT2D eigenvalue weighted by Gasteiger charge is 2.32. The van der Waals surface area contributed by atoms with Gasteiger partial charge in [-0.3, -0.25) is 0 Å². The van der Waals surface area contributed by atoms with Crippen LogP contribution in [0.3, 0.4) is 0 Å². The number of alkyl carbamates (subject to hydrolysis) is 1. The highest BCUT2D eigenvalue weighted by atomic mass is 35.5. The van der Waals surface area contributed by atoms with Gasteiger partial charge < -0.3 is 24.1 Å². The molecule has 3 rings (SSSR count). The van der Waals surface area contributed by atoms with Crippen LogP contribution in [0, 0.1) is 5.82 Å². The molecule has 8 nitrogen and oxygen atoms in total. The number of carbonyl (C=O) groups is 1. The molecular formula is C17H20ClFN4O4. The summed E-state index contributed by atoms with van der Waals surface area (Å²) in [6.07, 6.45) is -0.457. The van der Waals surface area contributed by atoms with Crippen LogP contribution < -0.4 is 15.0 Å². The molecule has 146 valence electrons. The van der Waals surface area contributed by atoms with Gasteiger partial charge in [0.2, 0.25) is 0 Å². The summed E-state index contributed by atoms with van der Waals surface area (Å²) in [5.41, 5.74) is -0.540. The SMILES string of the molecule is CC(C)(C)OC(=O)NC1CN(c2nnc(COc3ccc(Cl)c(F)c3)o2)C1. The predicted molar refractivity (Wildman–Crippen MR) is 95.4 cm³/mol. The lowest BCUT2D eigenvalue weighted by atomic mass is 10.1. The van der Waals surface area contributed by atoms with Crippen molar-refractivity contribution in [3.05, 3.63) is 34.9 Å². The van der Waals surface area contributed by atoms with Crippen LogP contribution in [0.15, 0.2) is 22.6 Å². The number of nitrogens with one attached hydrogen (secondary N) is 1. The van der Waals surface area contributed by atoms with E-state index in [9.17, 15) is 9.18 Å². The van der Waals surface area contributed by atoms with Crippen LogP contribution in [0.2, 0.25) is 5.02 Å². The summed E-state index contributed by atoms with van der Waals surface area (Å²) < 4.78 is 29.5. The highest BCUT2D eigenvalue weighted by Crippen LogP contribution is 2.23. The van der Waals surface area contributed by atoms with E-state index in [0.717, 1.165) is 0 Å². The van der Waals surface area contributed by atoms with Crippen molar-refractivity contribution >= 4 is 23.7 Å². The number of amides is 1. The lowest BCUT2D eigenvalue weighted by molar-refractivity contribution is 0.0495. The number of nitrogens with zero attached hydrogens (tertiary/aromatic N) is 3. The van der Waals surface area contributed by atoms with Crippen molar-refractivity contribution < 1.29 is 23.1 Å². The third-order valence-electron chi connectivity index (χ3n) is 3.58. The maximum absolute atomic E-state index is 13.4. The number of hydrogen-bond donors (Lipinski definition) is 1. The number of aromatic nitrogens is 2. The molecule has 0 bridgehead atoms. The maximum Gasteiger partial charge on any atom is 0.407 e. The average molecular weight is 399 g/mol. The summed E-state index contributed by atoms with van der Waals surface area (Å²) in [7, 11) is 0. The normalized spacial score (nSPS) is 14.6. The minimum Gasteiger partial charge on any atom is -0.484 e. The third kappa shape index (κ3) is 5.22. The van der Waals surface area contributed by atoms with E-state index in [-0.39, 0.29) is 23.6 Å². The second kappa shape index (κ2) is 7.59. The summed E-state index contributed by atoms with van der Waals surface area (Å²) in [6, 6.07) is 4.41. The highest BCUT2D eigenvalue weighted by molar-refractivity contribution is 6.30. The Morgan fingerprint density at radius 2 is 2.15 bits per heavy atom. The van der Waals surface area contributed by atoms with Crippen LogP contribution in [0.25, 0.3) is 0 Å². The molecule has 1 saturated heterocycles. The second-order valence-electron chi connectivity index (χ2n) is 7.09. The number of carbonyl (C=O) groups excluding carboxylic acids is 1. The van der Waals surface area contributed by atoms with Gasteiger partial charge in [0.05, 0.1) is 11.1 Å². The maximum atomic E-state index is 13.4. The van der Waals surface area contributed by atoms with Gasteiger partial charge in [-0.15, -0.1) is 5.10 Å². The van der Waals surface area contributed by atoms with E-state index in [1.807, 2.05) is 4.90 Å². The topological polar surface area (TPSA) is 89.7 Å².